The van der Waals surface area contributed by atoms with Crippen molar-refractivity contribution in [3.8, 4) is 22.6 Å². The first-order chi connectivity index (χ1) is 33.8. The summed E-state index contributed by atoms with van der Waals surface area (Å²) in [6.45, 7) is 5.89. The number of likely N-dealkylation sites (tertiary alicyclic amines) is 2. The number of carbonyl (C=O) groups excluding carboxylic acids is 4. The zero-order valence-electron chi connectivity index (χ0n) is 39.4. The molecule has 5 aromatic rings. The number of urea groups is 1. The molecule has 0 aliphatic carbocycles. The van der Waals surface area contributed by atoms with Crippen molar-refractivity contribution in [2.75, 3.05) is 63.9 Å². The van der Waals surface area contributed by atoms with E-state index in [9.17, 15) is 24.3 Å². The number of primary amides is 1. The summed E-state index contributed by atoms with van der Waals surface area (Å²) in [4.78, 5) is 56.5. The molecule has 370 valence electrons. The number of halogens is 3. The van der Waals surface area contributed by atoms with Crippen molar-refractivity contribution in [2.45, 2.75) is 81.8 Å². The van der Waals surface area contributed by atoms with Crippen molar-refractivity contribution in [1.82, 2.24) is 30.2 Å². The quantitative estimate of drug-likeness (QED) is 0.0744. The normalized spacial score (nSPS) is 20.2. The highest BCUT2D eigenvalue weighted by Gasteiger charge is 2.50. The van der Waals surface area contributed by atoms with E-state index in [1.165, 1.54) is 28.7 Å². The predicted octanol–water partition coefficient (Wildman–Crippen LogP) is 7.11. The van der Waals surface area contributed by atoms with Gasteiger partial charge in [-0.3, -0.25) is 29.3 Å². The van der Waals surface area contributed by atoms with Crippen molar-refractivity contribution in [3.63, 3.8) is 0 Å². The monoisotopic (exact) mass is 980 g/mol. The summed E-state index contributed by atoms with van der Waals surface area (Å²) in [7, 11) is 1.88. The van der Waals surface area contributed by atoms with E-state index in [1.807, 2.05) is 60.0 Å². The molecule has 0 saturated carbocycles. The highest BCUT2D eigenvalue weighted by atomic mass is 35.5. The van der Waals surface area contributed by atoms with Crippen LogP contribution in [0.15, 0.2) is 66.7 Å². The number of aliphatic hydroxyl groups is 1. The van der Waals surface area contributed by atoms with E-state index in [2.05, 4.69) is 32.8 Å². The van der Waals surface area contributed by atoms with Gasteiger partial charge in [-0.2, -0.15) is 5.10 Å². The van der Waals surface area contributed by atoms with Gasteiger partial charge >= 0.3 is 6.03 Å². The van der Waals surface area contributed by atoms with Crippen LogP contribution >= 0.6 is 11.6 Å². The lowest BCUT2D eigenvalue weighted by Gasteiger charge is -2.42. The third-order valence-corrected chi connectivity index (χ3v) is 15.1. The number of hydrogen-bond acceptors (Lipinski definition) is 10. The van der Waals surface area contributed by atoms with E-state index in [4.69, 9.17) is 26.8 Å². The first-order valence-electron chi connectivity index (χ1n) is 24.2. The van der Waals surface area contributed by atoms with Gasteiger partial charge in [0.25, 0.3) is 0 Å². The molecule has 0 bridgehead atoms. The van der Waals surface area contributed by atoms with Gasteiger partial charge in [-0.15, -0.1) is 0 Å². The number of aliphatic hydroxyl groups excluding tert-OH is 1. The molecule has 3 fully saturated rings. The van der Waals surface area contributed by atoms with Crippen LogP contribution in [0, 0.1) is 11.6 Å². The Kier molecular flexibility index (Phi) is 14.4. The number of carbonyl (C=O) groups is 4. The molecule has 18 heteroatoms. The van der Waals surface area contributed by atoms with Gasteiger partial charge in [0.1, 0.15) is 18.2 Å². The molecule has 0 radical (unpaired) electrons. The maximum absolute atomic E-state index is 16.4. The molecule has 4 aliphatic rings. The Morgan fingerprint density at radius 2 is 1.74 bits per heavy atom. The number of nitrogens with zero attached hydrogens (tertiary/aromatic N) is 5. The summed E-state index contributed by atoms with van der Waals surface area (Å²) >= 11 is 6.68. The largest absolute Gasteiger partial charge is 0.488 e. The lowest BCUT2D eigenvalue weighted by atomic mass is 9.77. The van der Waals surface area contributed by atoms with Crippen LogP contribution in [0.5, 0.6) is 11.5 Å². The number of ether oxygens (including phenoxy) is 2. The highest BCUT2D eigenvalue weighted by Crippen LogP contribution is 2.56. The van der Waals surface area contributed by atoms with Gasteiger partial charge in [0.2, 0.25) is 17.7 Å². The first-order valence-corrected chi connectivity index (χ1v) is 24.6. The van der Waals surface area contributed by atoms with Crippen LogP contribution in [0.4, 0.5) is 19.4 Å². The number of rotatable bonds is 16. The highest BCUT2D eigenvalue weighted by molar-refractivity contribution is 6.34. The van der Waals surface area contributed by atoms with Crippen molar-refractivity contribution in [1.29, 1.82) is 0 Å². The molecule has 5 heterocycles. The Balaban J connectivity index is 0.772. The lowest BCUT2D eigenvalue weighted by Crippen LogP contribution is -2.49. The number of anilines is 1. The van der Waals surface area contributed by atoms with Crippen LogP contribution in [0.3, 0.4) is 0 Å². The second kappa shape index (κ2) is 20.7. The third-order valence-electron chi connectivity index (χ3n) is 14.8. The predicted molar refractivity (Wildman–Crippen MR) is 261 cm³/mol. The average Bonchev–Trinajstić information content (AvgIpc) is 3.84. The lowest BCUT2D eigenvalue weighted by molar-refractivity contribution is -0.133. The molecule has 4 aromatic carbocycles. The van der Waals surface area contributed by atoms with Gasteiger partial charge in [0.15, 0.2) is 23.0 Å². The number of unbranched alkanes of at least 4 members (excludes halogenated alkanes) is 1. The van der Waals surface area contributed by atoms with Crippen molar-refractivity contribution in [3.05, 3.63) is 106 Å². The van der Waals surface area contributed by atoms with Gasteiger partial charge in [0, 0.05) is 86.2 Å². The second-order valence-electron chi connectivity index (χ2n) is 18.8. The summed E-state index contributed by atoms with van der Waals surface area (Å²) < 4.78 is 46.1. The minimum atomic E-state index is -1.10. The standard InChI is InChI=1S/C52H59ClF2N8O7/c1-31-44-41(29-38(54)47(53)46(44)45-37(49(56)67)13-14-40(48(45)55)69-27-26-64)70-52(31,34-8-4-3-5-9-34)30-57-20-7-6-10-43(66)62-23-17-35(18-24-62)61-21-15-32(16-22-61)33-11-12-36-39(28-33)60(2)59-50(36)63-25-19-42(65)58-51(63)68/h3-5,8-9,11-14,28-29,31-32,35,57,64H,6-7,10,15-27,30H2,1-2H3,(H2,56,67)(H,58,65,68). The van der Waals surface area contributed by atoms with Crippen LogP contribution in [0.1, 0.15) is 97.2 Å². The van der Waals surface area contributed by atoms with Crippen molar-refractivity contribution in [2.24, 2.45) is 12.8 Å². The summed E-state index contributed by atoms with van der Waals surface area (Å²) in [5.74, 6) is -2.59. The molecule has 1 aromatic heterocycles. The number of aryl methyl sites for hydroxylation is 1. The van der Waals surface area contributed by atoms with Gasteiger partial charge in [-0.05, 0) is 99.5 Å². The maximum atomic E-state index is 16.4. The van der Waals surface area contributed by atoms with Crippen LogP contribution < -0.4 is 30.7 Å². The van der Waals surface area contributed by atoms with Crippen molar-refractivity contribution < 1.29 is 42.5 Å². The molecule has 0 spiro atoms. The molecule has 9 rings (SSSR count). The van der Waals surface area contributed by atoms with Gasteiger partial charge in [0.05, 0.1) is 22.7 Å². The summed E-state index contributed by atoms with van der Waals surface area (Å²) in [6.07, 6.45) is 6.03. The molecule has 2 unspecified atom stereocenters. The fourth-order valence-corrected chi connectivity index (χ4v) is 11.3. The van der Waals surface area contributed by atoms with E-state index in [1.54, 1.807) is 0 Å². The fourth-order valence-electron chi connectivity index (χ4n) is 11.0. The minimum Gasteiger partial charge on any atom is -0.488 e. The van der Waals surface area contributed by atoms with E-state index < -0.39 is 40.1 Å². The molecule has 2 atom stereocenters. The first kappa shape index (κ1) is 48.9. The molecular weight excluding hydrogens is 922 g/mol. The molecule has 70 heavy (non-hydrogen) atoms. The van der Waals surface area contributed by atoms with Crippen LogP contribution in [-0.4, -0.2) is 114 Å². The van der Waals surface area contributed by atoms with Gasteiger partial charge in [-0.25, -0.2) is 13.6 Å². The van der Waals surface area contributed by atoms with Crippen LogP contribution in [-0.2, 0) is 22.2 Å². The summed E-state index contributed by atoms with van der Waals surface area (Å²) in [5, 5.41) is 20.4. The van der Waals surface area contributed by atoms with E-state index >= 15 is 8.78 Å². The Hall–Kier alpha value is -6.14. The third kappa shape index (κ3) is 9.43. The number of imide groups is 1. The maximum Gasteiger partial charge on any atom is 0.329 e. The summed E-state index contributed by atoms with van der Waals surface area (Å²) in [6, 6.07) is 19.5. The topological polar surface area (TPSA) is 185 Å². The number of hydrogen-bond donors (Lipinski definition) is 4. The molecule has 4 aliphatic heterocycles. The number of aromatic nitrogens is 2. The Morgan fingerprint density at radius 3 is 2.46 bits per heavy atom. The Bertz CT molecular complexity index is 2800. The number of amides is 5. The summed E-state index contributed by atoms with van der Waals surface area (Å²) in [5.41, 5.74) is 7.45. The SMILES string of the molecule is CC1c2c(cc(F)c(Cl)c2-c2c(C(N)=O)ccc(OCCO)c2F)OC1(CNCCCCC(=O)N1CCC(N2CCC(c3ccc4c(N5CCC(=O)NC5=O)nn(C)c4c3)CC2)CC1)c1ccccc1. The van der Waals surface area contributed by atoms with Gasteiger partial charge < -0.3 is 35.4 Å². The smallest absolute Gasteiger partial charge is 0.329 e. The molecule has 5 N–H and O–H groups in total. The number of nitrogens with one attached hydrogen (secondary N) is 2. The van der Waals surface area contributed by atoms with Crippen LogP contribution in [0.25, 0.3) is 22.0 Å². The zero-order chi connectivity index (χ0) is 49.3. The number of fused-ring (bicyclic) bond motifs is 2. The second-order valence-corrected chi connectivity index (χ2v) is 19.2. The molecule has 5 amide bonds. The van der Waals surface area contributed by atoms with Crippen LogP contribution in [0.2, 0.25) is 5.02 Å². The van der Waals surface area contributed by atoms with E-state index in [-0.39, 0.29) is 66.2 Å². The minimum absolute atomic E-state index is 0.0607. The number of piperidine rings is 2. The zero-order valence-corrected chi connectivity index (χ0v) is 40.2. The Morgan fingerprint density at radius 1 is 0.986 bits per heavy atom. The fraction of sp³-hybridized carbons (Fsp3) is 0.442. The van der Waals surface area contributed by atoms with Crippen molar-refractivity contribution >= 4 is 52.1 Å². The van der Waals surface area contributed by atoms with E-state index in [0.29, 0.717) is 49.3 Å². The number of nitrogens with two attached hydrogens (primary N) is 1. The average molecular weight is 982 g/mol. The van der Waals surface area contributed by atoms with Gasteiger partial charge in [-0.1, -0.05) is 54.9 Å². The van der Waals surface area contributed by atoms with E-state index in [0.717, 1.165) is 74.7 Å². The molecular formula is C52H59ClF2N8O7. The molecule has 15 nitrogen and oxygen atoms in total. The number of benzene rings is 4. The Labute approximate surface area is 410 Å². The molecule has 3 saturated heterocycles.